The van der Waals surface area contributed by atoms with E-state index in [1.165, 1.54) is 25.4 Å². The van der Waals surface area contributed by atoms with Crippen molar-refractivity contribution in [1.82, 2.24) is 20.6 Å². The van der Waals surface area contributed by atoms with E-state index >= 15 is 0 Å². The summed E-state index contributed by atoms with van der Waals surface area (Å²) < 4.78 is 24.1. The number of hydrogen-bond acceptors (Lipinski definition) is 6. The van der Waals surface area contributed by atoms with Crippen LogP contribution in [0.2, 0.25) is 0 Å². The standard InChI is InChI=1S/C19H19FN4O3/c1-26-19(25)14-3-2-12(20)8-17(14)27-13-6-11-7-15(24-18(11)23-9-13)16-10-21-4-5-22-16/h2-3,6-9,16,21-22H,4-5,10H2,1H3,(H,23,24). The fraction of sp³-hybridized carbons (Fsp3) is 0.263. The van der Waals surface area contributed by atoms with Gasteiger partial charge in [-0.25, -0.2) is 14.2 Å². The van der Waals surface area contributed by atoms with Gasteiger partial charge in [0.05, 0.1) is 19.3 Å². The molecule has 1 aromatic carbocycles. The maximum Gasteiger partial charge on any atom is 0.341 e. The fourth-order valence-corrected chi connectivity index (χ4v) is 3.12. The Morgan fingerprint density at radius 2 is 2.15 bits per heavy atom. The molecule has 1 atom stereocenters. The summed E-state index contributed by atoms with van der Waals surface area (Å²) in [5.74, 6) is -0.624. The molecule has 140 valence electrons. The molecule has 1 aliphatic rings. The van der Waals surface area contributed by atoms with E-state index in [-0.39, 0.29) is 17.4 Å². The Balaban J connectivity index is 1.63. The number of ether oxygens (including phenoxy) is 2. The molecule has 1 aliphatic heterocycles. The van der Waals surface area contributed by atoms with Crippen molar-refractivity contribution in [2.75, 3.05) is 26.7 Å². The summed E-state index contributed by atoms with van der Waals surface area (Å²) in [5, 5.41) is 7.65. The first-order valence-electron chi connectivity index (χ1n) is 8.62. The molecule has 1 unspecified atom stereocenters. The van der Waals surface area contributed by atoms with Crippen LogP contribution in [0.1, 0.15) is 22.1 Å². The number of carbonyl (C=O) groups excluding carboxylic acids is 1. The van der Waals surface area contributed by atoms with Crippen LogP contribution in [0.15, 0.2) is 36.5 Å². The summed E-state index contributed by atoms with van der Waals surface area (Å²) >= 11 is 0. The van der Waals surface area contributed by atoms with Crippen LogP contribution in [0.5, 0.6) is 11.5 Å². The number of aromatic nitrogens is 2. The number of esters is 1. The summed E-state index contributed by atoms with van der Waals surface area (Å²) in [6.45, 7) is 2.68. The predicted molar refractivity (Wildman–Crippen MR) is 97.5 cm³/mol. The van der Waals surface area contributed by atoms with Crippen molar-refractivity contribution in [3.8, 4) is 11.5 Å². The van der Waals surface area contributed by atoms with E-state index in [2.05, 4.69) is 20.6 Å². The highest BCUT2D eigenvalue weighted by Gasteiger charge is 2.18. The molecular weight excluding hydrogens is 351 g/mol. The molecule has 3 heterocycles. The first kappa shape index (κ1) is 17.4. The van der Waals surface area contributed by atoms with Gasteiger partial charge in [0.2, 0.25) is 0 Å². The van der Waals surface area contributed by atoms with Crippen LogP contribution in [-0.4, -0.2) is 42.7 Å². The maximum absolute atomic E-state index is 13.6. The number of carbonyl (C=O) groups is 1. The number of benzene rings is 1. The highest BCUT2D eigenvalue weighted by Crippen LogP contribution is 2.29. The maximum atomic E-state index is 13.6. The smallest absolute Gasteiger partial charge is 0.341 e. The van der Waals surface area contributed by atoms with Crippen molar-refractivity contribution in [2.24, 2.45) is 0 Å². The Morgan fingerprint density at radius 3 is 2.93 bits per heavy atom. The zero-order valence-corrected chi connectivity index (χ0v) is 14.7. The molecule has 0 bridgehead atoms. The molecule has 7 nitrogen and oxygen atoms in total. The van der Waals surface area contributed by atoms with E-state index in [1.54, 1.807) is 6.07 Å². The van der Waals surface area contributed by atoms with E-state index in [1.807, 2.05) is 6.07 Å². The summed E-state index contributed by atoms with van der Waals surface area (Å²) in [4.78, 5) is 19.5. The SMILES string of the molecule is COC(=O)c1ccc(F)cc1Oc1cnc2[nH]c(C3CNCCN3)cc2c1. The number of halogens is 1. The van der Waals surface area contributed by atoms with Crippen molar-refractivity contribution in [2.45, 2.75) is 6.04 Å². The van der Waals surface area contributed by atoms with E-state index in [0.29, 0.717) is 5.75 Å². The number of hydrogen-bond donors (Lipinski definition) is 3. The molecule has 0 spiro atoms. The van der Waals surface area contributed by atoms with Crippen LogP contribution < -0.4 is 15.4 Å². The molecule has 27 heavy (non-hydrogen) atoms. The zero-order valence-electron chi connectivity index (χ0n) is 14.7. The molecule has 3 N–H and O–H groups in total. The number of piperazine rings is 1. The van der Waals surface area contributed by atoms with Gasteiger partial charge in [-0.3, -0.25) is 0 Å². The van der Waals surface area contributed by atoms with Gasteiger partial charge in [0.25, 0.3) is 0 Å². The second-order valence-electron chi connectivity index (χ2n) is 6.28. The minimum absolute atomic E-state index is 0.0805. The lowest BCUT2D eigenvalue weighted by Gasteiger charge is -2.23. The minimum atomic E-state index is -0.598. The molecule has 2 aromatic heterocycles. The zero-order chi connectivity index (χ0) is 18.8. The largest absolute Gasteiger partial charge is 0.465 e. The molecule has 4 rings (SSSR count). The summed E-state index contributed by atoms with van der Waals surface area (Å²) in [5.41, 5.74) is 1.91. The third kappa shape index (κ3) is 3.62. The van der Waals surface area contributed by atoms with Crippen molar-refractivity contribution in [3.63, 3.8) is 0 Å². The number of methoxy groups -OCH3 is 1. The Labute approximate surface area is 154 Å². The summed E-state index contributed by atoms with van der Waals surface area (Å²) in [6, 6.07) is 7.66. The highest BCUT2D eigenvalue weighted by molar-refractivity contribution is 5.92. The van der Waals surface area contributed by atoms with Crippen LogP contribution in [0.4, 0.5) is 4.39 Å². The highest BCUT2D eigenvalue weighted by atomic mass is 19.1. The van der Waals surface area contributed by atoms with Crippen LogP contribution in [0.25, 0.3) is 11.0 Å². The number of nitrogens with one attached hydrogen (secondary N) is 3. The molecule has 1 fully saturated rings. The third-order valence-corrected chi connectivity index (χ3v) is 4.46. The van der Waals surface area contributed by atoms with Crippen molar-refractivity contribution in [3.05, 3.63) is 53.6 Å². The normalized spacial score (nSPS) is 17.0. The Kier molecular flexibility index (Phi) is 4.74. The van der Waals surface area contributed by atoms with E-state index in [4.69, 9.17) is 9.47 Å². The van der Waals surface area contributed by atoms with Crippen LogP contribution in [0, 0.1) is 5.82 Å². The number of aromatic amines is 1. The minimum Gasteiger partial charge on any atom is -0.465 e. The molecule has 0 radical (unpaired) electrons. The molecule has 3 aromatic rings. The van der Waals surface area contributed by atoms with Gasteiger partial charge in [-0.2, -0.15) is 0 Å². The molecule has 1 saturated heterocycles. The lowest BCUT2D eigenvalue weighted by atomic mass is 10.1. The molecule has 0 saturated carbocycles. The molecule has 0 aliphatic carbocycles. The van der Waals surface area contributed by atoms with Crippen LogP contribution in [0.3, 0.4) is 0 Å². The first-order chi connectivity index (χ1) is 13.1. The van der Waals surface area contributed by atoms with Gasteiger partial charge in [-0.15, -0.1) is 0 Å². The third-order valence-electron chi connectivity index (χ3n) is 4.46. The van der Waals surface area contributed by atoms with Crippen molar-refractivity contribution >= 4 is 17.0 Å². The number of rotatable bonds is 4. The number of pyridine rings is 1. The van der Waals surface area contributed by atoms with Gasteiger partial charge in [0.15, 0.2) is 0 Å². The average Bonchev–Trinajstić information content (AvgIpc) is 3.12. The van der Waals surface area contributed by atoms with Crippen molar-refractivity contribution < 1.29 is 18.7 Å². The first-order valence-corrected chi connectivity index (χ1v) is 8.62. The van der Waals surface area contributed by atoms with Gasteiger partial charge in [0.1, 0.15) is 28.5 Å². The quantitative estimate of drug-likeness (QED) is 0.612. The molecular formula is C19H19FN4O3. The van der Waals surface area contributed by atoms with Gasteiger partial charge in [-0.1, -0.05) is 0 Å². The van der Waals surface area contributed by atoms with Crippen LogP contribution in [-0.2, 0) is 4.74 Å². The average molecular weight is 370 g/mol. The molecule has 0 amide bonds. The van der Waals surface area contributed by atoms with Crippen molar-refractivity contribution in [1.29, 1.82) is 0 Å². The number of H-pyrrole nitrogens is 1. The molecule has 8 heteroatoms. The van der Waals surface area contributed by atoms with Gasteiger partial charge < -0.3 is 25.1 Å². The second-order valence-corrected chi connectivity index (χ2v) is 6.28. The number of nitrogens with zero attached hydrogens (tertiary/aromatic N) is 1. The lowest BCUT2D eigenvalue weighted by Crippen LogP contribution is -2.42. The van der Waals surface area contributed by atoms with E-state index in [9.17, 15) is 9.18 Å². The van der Waals surface area contributed by atoms with Gasteiger partial charge in [0, 0.05) is 36.8 Å². The predicted octanol–water partition coefficient (Wildman–Crippen LogP) is 2.51. The number of fused-ring (bicyclic) bond motifs is 1. The monoisotopic (exact) mass is 370 g/mol. The Bertz CT molecular complexity index is 982. The Morgan fingerprint density at radius 1 is 1.26 bits per heavy atom. The fourth-order valence-electron chi connectivity index (χ4n) is 3.12. The van der Waals surface area contributed by atoms with E-state index < -0.39 is 11.8 Å². The second kappa shape index (κ2) is 7.34. The van der Waals surface area contributed by atoms with E-state index in [0.717, 1.165) is 42.4 Å². The Hall–Kier alpha value is -2.97. The van der Waals surface area contributed by atoms with Gasteiger partial charge in [-0.05, 0) is 24.3 Å². The lowest BCUT2D eigenvalue weighted by molar-refractivity contribution is 0.0598. The topological polar surface area (TPSA) is 88.3 Å². The van der Waals surface area contributed by atoms with Crippen LogP contribution >= 0.6 is 0 Å². The summed E-state index contributed by atoms with van der Waals surface area (Å²) in [6.07, 6.45) is 1.53. The van der Waals surface area contributed by atoms with Gasteiger partial charge >= 0.3 is 5.97 Å². The summed E-state index contributed by atoms with van der Waals surface area (Å²) in [7, 11) is 1.26.